The predicted molar refractivity (Wildman–Crippen MR) is 71.5 cm³/mol. The van der Waals surface area contributed by atoms with Crippen LogP contribution < -0.4 is 4.74 Å². The molecule has 1 aromatic rings. The Balaban J connectivity index is 1.98. The number of fused-ring (bicyclic) bond motifs is 2. The molecule has 1 aliphatic carbocycles. The largest absolute Gasteiger partial charge is 0.489 e. The van der Waals surface area contributed by atoms with Crippen LogP contribution in [0, 0.1) is 0 Å². The lowest BCUT2D eigenvalue weighted by molar-refractivity contribution is 0.198. The van der Waals surface area contributed by atoms with Crippen LogP contribution in [0.4, 0.5) is 0 Å². The van der Waals surface area contributed by atoms with Gasteiger partial charge in [0.05, 0.1) is 0 Å². The highest BCUT2D eigenvalue weighted by molar-refractivity contribution is 5.61. The molecule has 0 saturated carbocycles. The van der Waals surface area contributed by atoms with Gasteiger partial charge in [-0.05, 0) is 42.5 Å². The highest BCUT2D eigenvalue weighted by atomic mass is 16.5. The van der Waals surface area contributed by atoms with E-state index in [0.29, 0.717) is 12.0 Å². The Morgan fingerprint density at radius 2 is 2.24 bits per heavy atom. The first kappa shape index (κ1) is 10.9. The molecule has 0 N–H and O–H groups in total. The summed E-state index contributed by atoms with van der Waals surface area (Å²) in [6.45, 7) is 4.53. The van der Waals surface area contributed by atoms with Crippen LogP contribution in [0.3, 0.4) is 0 Å². The molecule has 3 rings (SSSR count). The second kappa shape index (κ2) is 4.21. The van der Waals surface area contributed by atoms with Crippen molar-refractivity contribution in [2.24, 2.45) is 0 Å². The van der Waals surface area contributed by atoms with E-state index in [4.69, 9.17) is 4.74 Å². The van der Waals surface area contributed by atoms with Gasteiger partial charge in [-0.1, -0.05) is 32.4 Å². The Kier molecular flexibility index (Phi) is 2.70. The second-order valence-electron chi connectivity index (χ2n) is 5.26. The Bertz CT molecular complexity index is 459. The molecule has 0 aromatic heterocycles. The number of rotatable bonds is 2. The molecule has 0 radical (unpaired) electrons. The maximum atomic E-state index is 6.10. The monoisotopic (exact) mass is 228 g/mol. The molecule has 1 nitrogen and oxygen atoms in total. The van der Waals surface area contributed by atoms with Crippen molar-refractivity contribution in [2.45, 2.75) is 51.6 Å². The summed E-state index contributed by atoms with van der Waals surface area (Å²) >= 11 is 0. The van der Waals surface area contributed by atoms with Crippen LogP contribution in [-0.2, 0) is 6.42 Å². The summed E-state index contributed by atoms with van der Waals surface area (Å²) in [5.41, 5.74) is 4.27. The van der Waals surface area contributed by atoms with Gasteiger partial charge < -0.3 is 4.74 Å². The molecule has 1 aromatic carbocycles. The molecule has 0 spiro atoms. The minimum absolute atomic E-state index is 0.392. The Hall–Kier alpha value is -1.24. The average Bonchev–Trinajstić information content (AvgIpc) is 2.64. The summed E-state index contributed by atoms with van der Waals surface area (Å²) in [6, 6.07) is 4.63. The van der Waals surface area contributed by atoms with Gasteiger partial charge in [0.2, 0.25) is 0 Å². The van der Waals surface area contributed by atoms with Gasteiger partial charge in [-0.3, -0.25) is 0 Å². The maximum Gasteiger partial charge on any atom is 0.123 e. The molecule has 2 aliphatic rings. The molecule has 0 saturated heterocycles. The van der Waals surface area contributed by atoms with Crippen LogP contribution in [0.25, 0.3) is 6.08 Å². The molecule has 2 atom stereocenters. The molecule has 2 unspecified atom stereocenters. The third kappa shape index (κ3) is 1.78. The lowest BCUT2D eigenvalue weighted by atomic mass is 9.89. The molecular weight excluding hydrogens is 208 g/mol. The lowest BCUT2D eigenvalue weighted by Crippen LogP contribution is -2.15. The van der Waals surface area contributed by atoms with E-state index in [1.54, 1.807) is 0 Å². The van der Waals surface area contributed by atoms with E-state index in [9.17, 15) is 0 Å². The van der Waals surface area contributed by atoms with Crippen molar-refractivity contribution in [3.63, 3.8) is 0 Å². The maximum absolute atomic E-state index is 6.10. The van der Waals surface area contributed by atoms with Crippen molar-refractivity contribution in [1.82, 2.24) is 0 Å². The van der Waals surface area contributed by atoms with Gasteiger partial charge in [0.15, 0.2) is 0 Å². The van der Waals surface area contributed by atoms with Crippen LogP contribution >= 0.6 is 0 Å². The fourth-order valence-corrected chi connectivity index (χ4v) is 2.99. The van der Waals surface area contributed by atoms with E-state index in [1.165, 1.54) is 29.5 Å². The third-order valence-corrected chi connectivity index (χ3v) is 4.05. The zero-order valence-electron chi connectivity index (χ0n) is 10.7. The van der Waals surface area contributed by atoms with E-state index in [0.717, 1.165) is 18.6 Å². The van der Waals surface area contributed by atoms with E-state index in [-0.39, 0.29) is 0 Å². The number of benzene rings is 1. The van der Waals surface area contributed by atoms with Crippen molar-refractivity contribution in [2.75, 3.05) is 0 Å². The van der Waals surface area contributed by atoms with Crippen molar-refractivity contribution < 1.29 is 4.74 Å². The molecule has 0 fully saturated rings. The van der Waals surface area contributed by atoms with Gasteiger partial charge in [0, 0.05) is 11.5 Å². The summed E-state index contributed by atoms with van der Waals surface area (Å²) in [5, 5.41) is 0. The van der Waals surface area contributed by atoms with Gasteiger partial charge >= 0.3 is 0 Å². The molecule has 0 bridgehead atoms. The van der Waals surface area contributed by atoms with Gasteiger partial charge in [-0.2, -0.15) is 0 Å². The van der Waals surface area contributed by atoms with Crippen LogP contribution in [0.1, 0.15) is 55.7 Å². The van der Waals surface area contributed by atoms with Crippen molar-refractivity contribution in [1.29, 1.82) is 0 Å². The van der Waals surface area contributed by atoms with Crippen molar-refractivity contribution in [3.05, 3.63) is 34.9 Å². The highest BCUT2D eigenvalue weighted by Crippen LogP contribution is 2.42. The Morgan fingerprint density at radius 3 is 3.06 bits per heavy atom. The number of hydrogen-bond donors (Lipinski definition) is 0. The average molecular weight is 228 g/mol. The van der Waals surface area contributed by atoms with E-state index < -0.39 is 0 Å². The van der Waals surface area contributed by atoms with Crippen molar-refractivity contribution >= 4 is 6.08 Å². The second-order valence-corrected chi connectivity index (χ2v) is 5.26. The molecule has 0 amide bonds. The SMILES string of the molecule is CCCC1Oc2cc3c(cc2C1C)C=CCC3. The predicted octanol–water partition coefficient (Wildman–Crippen LogP) is 4.31. The first-order valence-electron chi connectivity index (χ1n) is 6.79. The highest BCUT2D eigenvalue weighted by Gasteiger charge is 2.31. The van der Waals surface area contributed by atoms with Crippen molar-refractivity contribution in [3.8, 4) is 5.75 Å². The normalized spacial score (nSPS) is 25.3. The fourth-order valence-electron chi connectivity index (χ4n) is 2.99. The summed E-state index contributed by atoms with van der Waals surface area (Å²) in [6.07, 6.45) is 9.62. The number of hydrogen-bond acceptors (Lipinski definition) is 1. The van der Waals surface area contributed by atoms with Crippen LogP contribution in [0.2, 0.25) is 0 Å². The van der Waals surface area contributed by atoms with E-state index in [2.05, 4.69) is 38.1 Å². The molecule has 90 valence electrons. The Labute approximate surface area is 103 Å². The smallest absolute Gasteiger partial charge is 0.123 e. The molecule has 17 heavy (non-hydrogen) atoms. The molecule has 1 heteroatoms. The van der Waals surface area contributed by atoms with Gasteiger partial charge in [-0.25, -0.2) is 0 Å². The summed E-state index contributed by atoms with van der Waals surface area (Å²) < 4.78 is 6.10. The van der Waals surface area contributed by atoms with Gasteiger partial charge in [-0.15, -0.1) is 0 Å². The Morgan fingerprint density at radius 1 is 1.35 bits per heavy atom. The van der Waals surface area contributed by atoms with Gasteiger partial charge in [0.1, 0.15) is 11.9 Å². The zero-order chi connectivity index (χ0) is 11.8. The third-order valence-electron chi connectivity index (χ3n) is 4.05. The van der Waals surface area contributed by atoms with Crippen LogP contribution in [0.5, 0.6) is 5.75 Å². The zero-order valence-corrected chi connectivity index (χ0v) is 10.7. The number of allylic oxidation sites excluding steroid dienone is 1. The number of ether oxygens (including phenoxy) is 1. The molecular formula is C16H20O. The fraction of sp³-hybridized carbons (Fsp3) is 0.500. The first-order chi connectivity index (χ1) is 8.29. The molecule has 1 aliphatic heterocycles. The van der Waals surface area contributed by atoms with Crippen LogP contribution in [0.15, 0.2) is 18.2 Å². The first-order valence-corrected chi connectivity index (χ1v) is 6.79. The van der Waals surface area contributed by atoms with Gasteiger partial charge in [0.25, 0.3) is 0 Å². The summed E-state index contributed by atoms with van der Waals surface area (Å²) in [5.74, 6) is 1.69. The topological polar surface area (TPSA) is 9.23 Å². The number of aryl methyl sites for hydroxylation is 1. The standard InChI is InChI=1S/C16H20O/c1-3-6-15-11(2)14-9-12-7-4-5-8-13(12)10-16(14)17-15/h4,7,9-11,15H,3,5-6,8H2,1-2H3. The summed E-state index contributed by atoms with van der Waals surface area (Å²) in [4.78, 5) is 0. The molecule has 1 heterocycles. The summed E-state index contributed by atoms with van der Waals surface area (Å²) in [7, 11) is 0. The minimum Gasteiger partial charge on any atom is -0.489 e. The lowest BCUT2D eigenvalue weighted by Gasteiger charge is -2.13. The minimum atomic E-state index is 0.392. The quantitative estimate of drug-likeness (QED) is 0.733. The van der Waals surface area contributed by atoms with Crippen LogP contribution in [-0.4, -0.2) is 6.10 Å². The van der Waals surface area contributed by atoms with E-state index >= 15 is 0 Å². The van der Waals surface area contributed by atoms with E-state index in [1.807, 2.05) is 0 Å².